The second-order valence-corrected chi connectivity index (χ2v) is 5.30. The summed E-state index contributed by atoms with van der Waals surface area (Å²) in [7, 11) is 0. The number of hydrogen-bond acceptors (Lipinski definition) is 3. The van der Waals surface area contributed by atoms with E-state index in [-0.39, 0.29) is 11.7 Å². The summed E-state index contributed by atoms with van der Waals surface area (Å²) in [5, 5.41) is 3.81. The van der Waals surface area contributed by atoms with Crippen molar-refractivity contribution in [2.24, 2.45) is 0 Å². The molecule has 0 aliphatic carbocycles. The minimum Gasteiger partial charge on any atom is -0.491 e. The van der Waals surface area contributed by atoms with Gasteiger partial charge in [-0.1, -0.05) is 18.2 Å². The Morgan fingerprint density at radius 3 is 2.71 bits per heavy atom. The number of carbonyl (C=O) groups is 1. The highest BCUT2D eigenvalue weighted by Crippen LogP contribution is 2.22. The fraction of sp³-hybridized carbons (Fsp3) is 0.158. The number of rotatable bonds is 6. The number of nitrogens with zero attached hydrogens (tertiary/aromatic N) is 1. The van der Waals surface area contributed by atoms with Crippen LogP contribution in [0.1, 0.15) is 16.8 Å². The number of nitrogens with one attached hydrogen (secondary N) is 1. The Hall–Kier alpha value is -2.95. The van der Waals surface area contributed by atoms with Gasteiger partial charge in [0.05, 0.1) is 6.61 Å². The van der Waals surface area contributed by atoms with E-state index in [1.807, 2.05) is 30.3 Å². The predicted molar refractivity (Wildman–Crippen MR) is 90.6 cm³/mol. The molecule has 5 heteroatoms. The van der Waals surface area contributed by atoms with Gasteiger partial charge in [-0.3, -0.25) is 9.78 Å². The number of pyridine rings is 1. The Morgan fingerprint density at radius 1 is 1.08 bits per heavy atom. The van der Waals surface area contributed by atoms with E-state index < -0.39 is 0 Å². The summed E-state index contributed by atoms with van der Waals surface area (Å²) in [5.41, 5.74) is 1.27. The summed E-state index contributed by atoms with van der Waals surface area (Å²) in [6.07, 6.45) is 2.40. The summed E-state index contributed by atoms with van der Waals surface area (Å²) >= 11 is 0. The zero-order valence-electron chi connectivity index (χ0n) is 13.0. The molecule has 0 saturated heterocycles. The minimum absolute atomic E-state index is 0.221. The normalized spacial score (nSPS) is 10.5. The largest absolute Gasteiger partial charge is 0.491 e. The van der Waals surface area contributed by atoms with Crippen molar-refractivity contribution >= 4 is 16.8 Å². The number of hydrogen-bond donors (Lipinski definition) is 1. The van der Waals surface area contributed by atoms with Crippen LogP contribution in [-0.2, 0) is 0 Å². The maximum atomic E-state index is 12.8. The van der Waals surface area contributed by atoms with Crippen LogP contribution < -0.4 is 10.1 Å². The van der Waals surface area contributed by atoms with Gasteiger partial charge in [0.2, 0.25) is 0 Å². The van der Waals surface area contributed by atoms with E-state index in [1.54, 1.807) is 6.20 Å². The second-order valence-electron chi connectivity index (χ2n) is 5.30. The molecule has 0 aliphatic rings. The van der Waals surface area contributed by atoms with Crippen molar-refractivity contribution in [3.05, 3.63) is 72.2 Å². The van der Waals surface area contributed by atoms with E-state index in [0.29, 0.717) is 25.1 Å². The summed E-state index contributed by atoms with van der Waals surface area (Å²) in [4.78, 5) is 16.2. The molecule has 1 aromatic heterocycles. The van der Waals surface area contributed by atoms with Gasteiger partial charge in [0, 0.05) is 23.7 Å². The van der Waals surface area contributed by atoms with Gasteiger partial charge in [0.1, 0.15) is 17.1 Å². The van der Waals surface area contributed by atoms with Gasteiger partial charge < -0.3 is 10.1 Å². The smallest absolute Gasteiger partial charge is 0.251 e. The standard InChI is InChI=1S/C19H17FN2O2/c20-16-9-7-15(8-10-16)19(23)22-12-3-13-24-17-6-1-4-14-5-2-11-21-18(14)17/h1-2,4-11H,3,12-13H2,(H,22,23). The number of para-hydroxylation sites is 1. The van der Waals surface area contributed by atoms with Crippen molar-refractivity contribution < 1.29 is 13.9 Å². The molecular formula is C19H17FN2O2. The maximum absolute atomic E-state index is 12.8. The van der Waals surface area contributed by atoms with Crippen LogP contribution in [-0.4, -0.2) is 24.0 Å². The van der Waals surface area contributed by atoms with Crippen molar-refractivity contribution in [2.45, 2.75) is 6.42 Å². The zero-order chi connectivity index (χ0) is 16.8. The quantitative estimate of drug-likeness (QED) is 0.705. The fourth-order valence-corrected chi connectivity index (χ4v) is 2.35. The summed E-state index contributed by atoms with van der Waals surface area (Å²) in [5.74, 6) is 0.156. The molecule has 2 aromatic carbocycles. The summed E-state index contributed by atoms with van der Waals surface area (Å²) in [6.45, 7) is 0.952. The molecule has 0 fully saturated rings. The van der Waals surface area contributed by atoms with E-state index >= 15 is 0 Å². The molecule has 122 valence electrons. The lowest BCUT2D eigenvalue weighted by Gasteiger charge is -2.09. The van der Waals surface area contributed by atoms with Gasteiger partial charge >= 0.3 is 0 Å². The van der Waals surface area contributed by atoms with Crippen LogP contribution >= 0.6 is 0 Å². The van der Waals surface area contributed by atoms with Crippen LogP contribution in [0.25, 0.3) is 10.9 Å². The third-order valence-electron chi connectivity index (χ3n) is 3.57. The predicted octanol–water partition coefficient (Wildman–Crippen LogP) is 3.57. The molecule has 3 aromatic rings. The van der Waals surface area contributed by atoms with Gasteiger partial charge in [-0.05, 0) is 42.8 Å². The van der Waals surface area contributed by atoms with E-state index in [4.69, 9.17) is 4.74 Å². The Kier molecular flexibility index (Phi) is 5.01. The van der Waals surface area contributed by atoms with Gasteiger partial charge in [0.25, 0.3) is 5.91 Å². The third-order valence-corrected chi connectivity index (χ3v) is 3.57. The maximum Gasteiger partial charge on any atom is 0.251 e. The van der Waals surface area contributed by atoms with Gasteiger partial charge in [-0.2, -0.15) is 0 Å². The Bertz CT molecular complexity index is 829. The molecular weight excluding hydrogens is 307 g/mol. The number of ether oxygens (including phenoxy) is 1. The van der Waals surface area contributed by atoms with Gasteiger partial charge in [-0.25, -0.2) is 4.39 Å². The average Bonchev–Trinajstić information content (AvgIpc) is 2.62. The first-order valence-corrected chi connectivity index (χ1v) is 7.74. The number of aromatic nitrogens is 1. The van der Waals surface area contributed by atoms with Crippen LogP contribution in [0.4, 0.5) is 4.39 Å². The van der Waals surface area contributed by atoms with E-state index in [9.17, 15) is 9.18 Å². The molecule has 1 N–H and O–H groups in total. The van der Waals surface area contributed by atoms with Crippen molar-refractivity contribution in [3.8, 4) is 5.75 Å². The first-order chi connectivity index (χ1) is 11.7. The van der Waals surface area contributed by atoms with Gasteiger partial charge in [-0.15, -0.1) is 0 Å². The van der Waals surface area contributed by atoms with Crippen LogP contribution in [0.5, 0.6) is 5.75 Å². The van der Waals surface area contributed by atoms with Gasteiger partial charge in [0.15, 0.2) is 0 Å². The number of benzene rings is 2. The first kappa shape index (κ1) is 15.9. The lowest BCUT2D eigenvalue weighted by Crippen LogP contribution is -2.25. The molecule has 4 nitrogen and oxygen atoms in total. The van der Waals surface area contributed by atoms with E-state index in [0.717, 1.165) is 16.7 Å². The molecule has 0 bridgehead atoms. The molecule has 0 atom stereocenters. The minimum atomic E-state index is -0.358. The number of fused-ring (bicyclic) bond motifs is 1. The molecule has 1 amide bonds. The van der Waals surface area contributed by atoms with Crippen molar-refractivity contribution in [3.63, 3.8) is 0 Å². The van der Waals surface area contributed by atoms with Crippen molar-refractivity contribution in [1.82, 2.24) is 10.3 Å². The van der Waals surface area contributed by atoms with Crippen molar-refractivity contribution in [2.75, 3.05) is 13.2 Å². The van der Waals surface area contributed by atoms with E-state index in [1.165, 1.54) is 24.3 Å². The lowest BCUT2D eigenvalue weighted by molar-refractivity contribution is 0.0951. The highest BCUT2D eigenvalue weighted by atomic mass is 19.1. The van der Waals surface area contributed by atoms with E-state index in [2.05, 4.69) is 10.3 Å². The van der Waals surface area contributed by atoms with Crippen LogP contribution in [0, 0.1) is 5.82 Å². The topological polar surface area (TPSA) is 51.2 Å². The molecule has 1 heterocycles. The number of amides is 1. The molecule has 0 saturated carbocycles. The highest BCUT2D eigenvalue weighted by Gasteiger charge is 2.05. The second kappa shape index (κ2) is 7.55. The molecule has 0 aliphatic heterocycles. The zero-order valence-corrected chi connectivity index (χ0v) is 13.0. The molecule has 24 heavy (non-hydrogen) atoms. The van der Waals surface area contributed by atoms with Crippen LogP contribution in [0.15, 0.2) is 60.8 Å². The Labute approximate surface area is 139 Å². The third kappa shape index (κ3) is 3.87. The summed E-state index contributed by atoms with van der Waals surface area (Å²) < 4.78 is 18.6. The highest BCUT2D eigenvalue weighted by molar-refractivity contribution is 5.94. The Morgan fingerprint density at radius 2 is 1.88 bits per heavy atom. The Balaban J connectivity index is 1.47. The average molecular weight is 324 g/mol. The molecule has 0 unspecified atom stereocenters. The molecule has 0 spiro atoms. The lowest BCUT2D eigenvalue weighted by atomic mass is 10.2. The molecule has 3 rings (SSSR count). The van der Waals surface area contributed by atoms with Crippen molar-refractivity contribution in [1.29, 1.82) is 0 Å². The monoisotopic (exact) mass is 324 g/mol. The number of halogens is 1. The first-order valence-electron chi connectivity index (χ1n) is 7.74. The summed E-state index contributed by atoms with van der Waals surface area (Å²) in [6, 6.07) is 15.1. The van der Waals surface area contributed by atoms with Crippen LogP contribution in [0.2, 0.25) is 0 Å². The molecule has 0 radical (unpaired) electrons. The van der Waals surface area contributed by atoms with Crippen LogP contribution in [0.3, 0.4) is 0 Å². The number of carbonyl (C=O) groups excluding carboxylic acids is 1. The SMILES string of the molecule is O=C(NCCCOc1cccc2cccnc12)c1ccc(F)cc1. The fourth-order valence-electron chi connectivity index (χ4n) is 2.35.